The Kier molecular flexibility index (Phi) is 6.84. The van der Waals surface area contributed by atoms with Gasteiger partial charge in [0.05, 0.1) is 11.1 Å². The topological polar surface area (TPSA) is 3.24 Å². The fraction of sp³-hybridized carbons (Fsp3) is 0.0189. The molecule has 0 saturated heterocycles. The lowest BCUT2D eigenvalue weighted by Crippen LogP contribution is -2.26. The number of rotatable bonds is 5. The van der Waals surface area contributed by atoms with Gasteiger partial charge in [0.1, 0.15) is 0 Å². The summed E-state index contributed by atoms with van der Waals surface area (Å²) in [4.78, 5) is 2.47. The molecule has 0 aromatic heterocycles. The van der Waals surface area contributed by atoms with Crippen molar-refractivity contribution in [2.45, 2.75) is 5.41 Å². The van der Waals surface area contributed by atoms with Crippen molar-refractivity contribution in [3.8, 4) is 44.5 Å². The summed E-state index contributed by atoms with van der Waals surface area (Å²) in [5, 5.41) is 2.51. The quantitative estimate of drug-likeness (QED) is 0.174. The minimum atomic E-state index is -0.410. The predicted octanol–water partition coefficient (Wildman–Crippen LogP) is 14.0. The molecule has 1 heteroatoms. The largest absolute Gasteiger partial charge is 0.310 e. The van der Waals surface area contributed by atoms with E-state index in [1.54, 1.807) is 0 Å². The lowest BCUT2D eigenvalue weighted by molar-refractivity contribution is 0.794. The van der Waals surface area contributed by atoms with Crippen LogP contribution in [0, 0.1) is 0 Å². The zero-order chi connectivity index (χ0) is 35.6. The molecule has 2 aliphatic rings. The van der Waals surface area contributed by atoms with Crippen LogP contribution in [0.15, 0.2) is 212 Å². The third kappa shape index (κ3) is 4.45. The van der Waals surface area contributed by atoms with Crippen molar-refractivity contribution in [1.29, 1.82) is 0 Å². The van der Waals surface area contributed by atoms with Crippen LogP contribution < -0.4 is 4.90 Å². The minimum Gasteiger partial charge on any atom is -0.310 e. The van der Waals surface area contributed by atoms with E-state index in [4.69, 9.17) is 0 Å². The van der Waals surface area contributed by atoms with Crippen molar-refractivity contribution >= 4 is 27.8 Å². The van der Waals surface area contributed by atoms with E-state index in [2.05, 4.69) is 217 Å². The maximum Gasteiger partial charge on any atom is 0.0726 e. The second-order valence-corrected chi connectivity index (χ2v) is 14.4. The van der Waals surface area contributed by atoms with E-state index in [-0.39, 0.29) is 0 Å². The van der Waals surface area contributed by atoms with Gasteiger partial charge in [-0.25, -0.2) is 0 Å². The molecule has 252 valence electrons. The maximum absolute atomic E-state index is 2.47. The molecular weight excluding hydrogens is 651 g/mol. The normalized spacial score (nSPS) is 13.0. The van der Waals surface area contributed by atoms with Gasteiger partial charge >= 0.3 is 0 Å². The van der Waals surface area contributed by atoms with Crippen molar-refractivity contribution < 1.29 is 0 Å². The van der Waals surface area contributed by atoms with E-state index >= 15 is 0 Å². The summed E-state index contributed by atoms with van der Waals surface area (Å²) in [5.74, 6) is 0. The summed E-state index contributed by atoms with van der Waals surface area (Å²) in [6.45, 7) is 0. The molecule has 0 radical (unpaired) electrons. The van der Waals surface area contributed by atoms with Crippen molar-refractivity contribution in [2.75, 3.05) is 4.90 Å². The zero-order valence-electron chi connectivity index (χ0n) is 29.7. The van der Waals surface area contributed by atoms with Crippen molar-refractivity contribution in [2.24, 2.45) is 0 Å². The van der Waals surface area contributed by atoms with Crippen LogP contribution in [0.2, 0.25) is 0 Å². The molecule has 0 bridgehead atoms. The van der Waals surface area contributed by atoms with Crippen LogP contribution in [-0.2, 0) is 5.41 Å². The minimum absolute atomic E-state index is 0.410. The van der Waals surface area contributed by atoms with E-state index in [1.165, 1.54) is 83.2 Å². The van der Waals surface area contributed by atoms with Crippen LogP contribution in [-0.4, -0.2) is 0 Å². The first-order valence-corrected chi connectivity index (χ1v) is 18.8. The Labute approximate surface area is 316 Å². The van der Waals surface area contributed by atoms with Crippen LogP contribution in [0.4, 0.5) is 17.1 Å². The molecule has 1 spiro atoms. The van der Waals surface area contributed by atoms with Crippen LogP contribution in [0.1, 0.15) is 22.3 Å². The molecule has 9 aromatic rings. The molecule has 9 aromatic carbocycles. The highest BCUT2D eigenvalue weighted by Gasteiger charge is 2.52. The summed E-state index contributed by atoms with van der Waals surface area (Å²) in [7, 11) is 0. The molecule has 0 aliphatic heterocycles. The van der Waals surface area contributed by atoms with Crippen LogP contribution in [0.3, 0.4) is 0 Å². The van der Waals surface area contributed by atoms with Gasteiger partial charge in [0.2, 0.25) is 0 Å². The SMILES string of the molecule is c1ccc(-c2cccc(N(c3ccc(-c4ccc5ccccc5c4)cc3)c3cccc4c3-c3ccccc3C43c4ccccc4-c4ccccc43)c2)cc1. The standard InChI is InChI=1S/C53H35N/c1-2-14-36(15-3-1)40-18-12-19-43(35-40)54(42-32-30-38(31-33-42)41-29-28-37-16-4-5-17-39(37)34-41)51-27-13-26-50-52(51)46-22-8-11-25-49(46)53(50)47-23-9-6-20-44(47)45-21-7-10-24-48(45)53/h1-35H. The van der Waals surface area contributed by atoms with Gasteiger partial charge in [0.15, 0.2) is 0 Å². The second-order valence-electron chi connectivity index (χ2n) is 14.4. The Bertz CT molecular complexity index is 2840. The van der Waals surface area contributed by atoms with Gasteiger partial charge in [-0.2, -0.15) is 0 Å². The Hall–Kier alpha value is -6.96. The average Bonchev–Trinajstić information content (AvgIpc) is 3.72. The van der Waals surface area contributed by atoms with E-state index in [1.807, 2.05) is 0 Å². The molecule has 54 heavy (non-hydrogen) atoms. The van der Waals surface area contributed by atoms with E-state index in [9.17, 15) is 0 Å². The van der Waals surface area contributed by atoms with Gasteiger partial charge in [0, 0.05) is 16.9 Å². The van der Waals surface area contributed by atoms with E-state index < -0.39 is 5.41 Å². The first-order chi connectivity index (χ1) is 26.8. The molecule has 0 unspecified atom stereocenters. The lowest BCUT2D eigenvalue weighted by Gasteiger charge is -2.32. The first kappa shape index (κ1) is 30.6. The number of hydrogen-bond acceptors (Lipinski definition) is 1. The Morgan fingerprint density at radius 1 is 0.296 bits per heavy atom. The molecule has 0 fully saturated rings. The average molecular weight is 686 g/mol. The van der Waals surface area contributed by atoms with Gasteiger partial charge in [-0.3, -0.25) is 0 Å². The fourth-order valence-electron chi connectivity index (χ4n) is 9.36. The molecule has 0 amide bonds. The van der Waals surface area contributed by atoms with Crippen molar-refractivity contribution in [1.82, 2.24) is 0 Å². The molecule has 11 rings (SSSR count). The van der Waals surface area contributed by atoms with Gasteiger partial charge in [-0.15, -0.1) is 0 Å². The number of nitrogens with zero attached hydrogens (tertiary/aromatic N) is 1. The van der Waals surface area contributed by atoms with Gasteiger partial charge < -0.3 is 4.90 Å². The van der Waals surface area contributed by atoms with Gasteiger partial charge in [-0.1, -0.05) is 176 Å². The molecule has 0 saturated carbocycles. The summed E-state index contributed by atoms with van der Waals surface area (Å²) in [5.41, 5.74) is 18.4. The molecular formula is C53H35N. The maximum atomic E-state index is 2.47. The highest BCUT2D eigenvalue weighted by Crippen LogP contribution is 2.64. The molecule has 1 nitrogen and oxygen atoms in total. The van der Waals surface area contributed by atoms with E-state index in [0.29, 0.717) is 0 Å². The van der Waals surface area contributed by atoms with Gasteiger partial charge in [-0.05, 0) is 108 Å². The monoisotopic (exact) mass is 685 g/mol. The second kappa shape index (κ2) is 12.0. The Balaban J connectivity index is 1.15. The number of anilines is 3. The lowest BCUT2D eigenvalue weighted by atomic mass is 9.70. The molecule has 0 atom stereocenters. The van der Waals surface area contributed by atoms with Crippen LogP contribution >= 0.6 is 0 Å². The molecule has 2 aliphatic carbocycles. The predicted molar refractivity (Wildman–Crippen MR) is 226 cm³/mol. The van der Waals surface area contributed by atoms with Crippen molar-refractivity contribution in [3.63, 3.8) is 0 Å². The number of fused-ring (bicyclic) bond motifs is 11. The fourth-order valence-corrected chi connectivity index (χ4v) is 9.36. The van der Waals surface area contributed by atoms with Gasteiger partial charge in [0.25, 0.3) is 0 Å². The zero-order valence-corrected chi connectivity index (χ0v) is 29.7. The Morgan fingerprint density at radius 2 is 0.815 bits per heavy atom. The van der Waals surface area contributed by atoms with E-state index in [0.717, 1.165) is 11.4 Å². The first-order valence-electron chi connectivity index (χ1n) is 18.8. The number of benzene rings is 9. The highest BCUT2D eigenvalue weighted by molar-refractivity contribution is 6.01. The highest BCUT2D eigenvalue weighted by atomic mass is 15.1. The third-order valence-electron chi connectivity index (χ3n) is 11.7. The summed E-state index contributed by atoms with van der Waals surface area (Å²) < 4.78 is 0. The van der Waals surface area contributed by atoms with Crippen LogP contribution in [0.5, 0.6) is 0 Å². The van der Waals surface area contributed by atoms with Crippen molar-refractivity contribution in [3.05, 3.63) is 235 Å². The molecule has 0 N–H and O–H groups in total. The third-order valence-corrected chi connectivity index (χ3v) is 11.7. The van der Waals surface area contributed by atoms with Crippen LogP contribution in [0.25, 0.3) is 55.3 Å². The summed E-state index contributed by atoms with van der Waals surface area (Å²) >= 11 is 0. The summed E-state index contributed by atoms with van der Waals surface area (Å²) in [6.07, 6.45) is 0. The smallest absolute Gasteiger partial charge is 0.0726 e. The summed E-state index contributed by atoms with van der Waals surface area (Å²) in [6, 6.07) is 78.2. The molecule has 0 heterocycles. The number of hydrogen-bond donors (Lipinski definition) is 0. The Morgan fingerprint density at radius 3 is 1.56 bits per heavy atom.